The van der Waals surface area contributed by atoms with E-state index in [0.29, 0.717) is 18.8 Å². The third-order valence-electron chi connectivity index (χ3n) is 8.07. The number of aromatic nitrogens is 2. The number of primary amides is 2. The molecule has 5 rings (SSSR count). The van der Waals surface area contributed by atoms with Crippen LogP contribution in [0.25, 0.3) is 6.20 Å². The van der Waals surface area contributed by atoms with Crippen LogP contribution in [0.4, 0.5) is 20.2 Å². The Bertz CT molecular complexity index is 1160. The van der Waals surface area contributed by atoms with Gasteiger partial charge < -0.3 is 31.6 Å². The van der Waals surface area contributed by atoms with Crippen molar-refractivity contribution < 1.29 is 28.7 Å². The van der Waals surface area contributed by atoms with Crippen LogP contribution in [0, 0.1) is 17.8 Å². The zero-order valence-electron chi connectivity index (χ0n) is 23.1. The Morgan fingerprint density at radius 2 is 1.82 bits per heavy atom. The summed E-state index contributed by atoms with van der Waals surface area (Å²) in [7, 11) is 1.27. The molecule has 4 fully saturated rings. The van der Waals surface area contributed by atoms with E-state index in [1.807, 2.05) is 0 Å². The first-order valence-electron chi connectivity index (χ1n) is 13.2. The summed E-state index contributed by atoms with van der Waals surface area (Å²) in [5.74, 6) is 0.593. The van der Waals surface area contributed by atoms with Crippen molar-refractivity contribution in [3.8, 4) is 0 Å². The van der Waals surface area contributed by atoms with Crippen molar-refractivity contribution >= 4 is 36.1 Å². The number of nitrogens with one attached hydrogen (secondary N) is 2. The number of nitrogens with zero attached hydrogens (tertiary/aromatic N) is 3. The van der Waals surface area contributed by atoms with E-state index >= 15 is 0 Å². The number of hydrogen-bond acceptors (Lipinski definition) is 7. The van der Waals surface area contributed by atoms with Gasteiger partial charge >= 0.3 is 18.2 Å². The topological polar surface area (TPSA) is 184 Å². The summed E-state index contributed by atoms with van der Waals surface area (Å²) < 4.78 is 11.7. The van der Waals surface area contributed by atoms with E-state index in [-0.39, 0.29) is 41.2 Å². The van der Waals surface area contributed by atoms with Crippen LogP contribution in [0.5, 0.6) is 0 Å². The SMILES string of the molecule is COC(=O)NC(C)(C)/C=C/n1ncc(C(=O)N[C@H]2C3CC4CC2C[C@](OC(N)=O)(C4)C3)c1N(C(N)=O)C(C)C. The molecular weight excluding hydrogens is 506 g/mol. The summed E-state index contributed by atoms with van der Waals surface area (Å²) in [5.41, 5.74) is 9.93. The van der Waals surface area contributed by atoms with Gasteiger partial charge in [0.25, 0.3) is 5.91 Å². The second kappa shape index (κ2) is 10.4. The summed E-state index contributed by atoms with van der Waals surface area (Å²) in [6.07, 6.45) is 7.29. The lowest BCUT2D eigenvalue weighted by molar-refractivity contribution is -0.137. The van der Waals surface area contributed by atoms with Gasteiger partial charge in [-0.2, -0.15) is 5.10 Å². The Morgan fingerprint density at radius 3 is 2.36 bits per heavy atom. The third-order valence-corrected chi connectivity index (χ3v) is 8.07. The average molecular weight is 546 g/mol. The normalized spacial score (nSPS) is 27.4. The van der Waals surface area contributed by atoms with Gasteiger partial charge in [0.05, 0.1) is 18.8 Å². The summed E-state index contributed by atoms with van der Waals surface area (Å²) in [6.45, 7) is 7.08. The molecule has 0 radical (unpaired) electrons. The largest absolute Gasteiger partial charge is 0.453 e. The molecule has 2 unspecified atom stereocenters. The van der Waals surface area contributed by atoms with E-state index in [0.717, 1.165) is 19.3 Å². The summed E-state index contributed by atoms with van der Waals surface area (Å²) in [5, 5.41) is 10.2. The van der Waals surface area contributed by atoms with E-state index in [2.05, 4.69) is 20.5 Å². The van der Waals surface area contributed by atoms with Gasteiger partial charge in [0.2, 0.25) is 0 Å². The minimum absolute atomic E-state index is 0.102. The molecule has 4 bridgehead atoms. The van der Waals surface area contributed by atoms with Crippen molar-refractivity contribution in [3.63, 3.8) is 0 Å². The van der Waals surface area contributed by atoms with Crippen LogP contribution in [0.1, 0.15) is 70.2 Å². The van der Waals surface area contributed by atoms with Gasteiger partial charge in [-0.15, -0.1) is 0 Å². The van der Waals surface area contributed by atoms with E-state index in [1.165, 1.54) is 22.9 Å². The molecular formula is C26H39N7O6. The Morgan fingerprint density at radius 1 is 1.18 bits per heavy atom. The van der Waals surface area contributed by atoms with Crippen LogP contribution in [-0.2, 0) is 9.47 Å². The highest BCUT2D eigenvalue weighted by molar-refractivity contribution is 6.03. The van der Waals surface area contributed by atoms with Crippen LogP contribution in [0.3, 0.4) is 0 Å². The number of hydrogen-bond donors (Lipinski definition) is 4. The standard InChI is InChI=1S/C26H39N7O6/c1-14(2)33(22(27)35)21-18(13-29-32(21)7-6-25(3,4)31-24(37)38-5)20(34)30-19-16-8-15-9-17(19)12-26(10-15,11-16)39-23(28)36/h6-7,13-17,19H,8-12H2,1-5H3,(H2,27,35)(H2,28,36)(H,30,34)(H,31,37)/b7-6+/t15?,16?,17?,19-,26-. The molecule has 1 aromatic rings. The first-order chi connectivity index (χ1) is 18.2. The van der Waals surface area contributed by atoms with Crippen LogP contribution < -0.4 is 27.0 Å². The molecule has 13 nitrogen and oxygen atoms in total. The molecule has 1 aromatic heterocycles. The van der Waals surface area contributed by atoms with Crippen LogP contribution in [-0.4, -0.2) is 64.2 Å². The molecule has 0 aromatic carbocycles. The number of alkyl carbamates (subject to hydrolysis) is 1. The van der Waals surface area contributed by atoms with Crippen molar-refractivity contribution in [1.29, 1.82) is 0 Å². The first kappa shape index (κ1) is 28.2. The van der Waals surface area contributed by atoms with Crippen molar-refractivity contribution in [2.24, 2.45) is 29.2 Å². The predicted octanol–water partition coefficient (Wildman–Crippen LogP) is 2.55. The molecule has 39 heavy (non-hydrogen) atoms. The summed E-state index contributed by atoms with van der Waals surface area (Å²) in [6, 6.07) is -1.21. The number of methoxy groups -OCH3 is 1. The molecule has 4 saturated carbocycles. The van der Waals surface area contributed by atoms with Crippen LogP contribution in [0.2, 0.25) is 0 Å². The third kappa shape index (κ3) is 5.81. The average Bonchev–Trinajstić information content (AvgIpc) is 3.21. The highest BCUT2D eigenvalue weighted by Crippen LogP contribution is 2.57. The van der Waals surface area contributed by atoms with Crippen molar-refractivity contribution in [1.82, 2.24) is 20.4 Å². The number of nitrogens with two attached hydrogens (primary N) is 2. The molecule has 13 heteroatoms. The Labute approximate surface area is 227 Å². The first-order valence-corrected chi connectivity index (χ1v) is 13.2. The molecule has 4 aliphatic carbocycles. The van der Waals surface area contributed by atoms with Gasteiger partial charge in [0, 0.05) is 18.3 Å². The summed E-state index contributed by atoms with van der Waals surface area (Å²) in [4.78, 5) is 50.8. The maximum Gasteiger partial charge on any atom is 0.407 e. The number of amides is 5. The molecule has 4 aliphatic rings. The van der Waals surface area contributed by atoms with Crippen molar-refractivity contribution in [2.45, 2.75) is 83.0 Å². The lowest BCUT2D eigenvalue weighted by atomic mass is 9.52. The predicted molar refractivity (Wildman–Crippen MR) is 143 cm³/mol. The Balaban J connectivity index is 1.61. The Kier molecular flexibility index (Phi) is 7.55. The van der Waals surface area contributed by atoms with Gasteiger partial charge in [-0.25, -0.2) is 19.1 Å². The second-order valence-electron chi connectivity index (χ2n) is 11.9. The molecule has 5 amide bonds. The van der Waals surface area contributed by atoms with Crippen molar-refractivity contribution in [2.75, 3.05) is 12.0 Å². The highest BCUT2D eigenvalue weighted by Gasteiger charge is 2.57. The van der Waals surface area contributed by atoms with E-state index in [4.69, 9.17) is 16.2 Å². The fourth-order valence-electron chi connectivity index (χ4n) is 6.83. The molecule has 214 valence electrons. The van der Waals surface area contributed by atoms with Gasteiger partial charge in [-0.05, 0) is 83.6 Å². The van der Waals surface area contributed by atoms with Gasteiger partial charge in [-0.1, -0.05) is 0 Å². The highest BCUT2D eigenvalue weighted by atomic mass is 16.6. The molecule has 0 aliphatic heterocycles. The van der Waals surface area contributed by atoms with E-state index in [9.17, 15) is 19.2 Å². The molecule has 0 spiro atoms. The Hall–Kier alpha value is -3.77. The lowest BCUT2D eigenvalue weighted by Crippen LogP contribution is -2.63. The number of carbonyl (C=O) groups is 4. The quantitative estimate of drug-likeness (QED) is 0.387. The van der Waals surface area contributed by atoms with Gasteiger partial charge in [-0.3, -0.25) is 9.69 Å². The maximum absolute atomic E-state index is 13.7. The number of ether oxygens (including phenoxy) is 2. The fraction of sp³-hybridized carbons (Fsp3) is 0.654. The molecule has 1 heterocycles. The summed E-state index contributed by atoms with van der Waals surface area (Å²) >= 11 is 0. The molecule has 0 saturated heterocycles. The van der Waals surface area contributed by atoms with Gasteiger partial charge in [0.1, 0.15) is 11.2 Å². The zero-order chi connectivity index (χ0) is 28.7. The number of urea groups is 1. The minimum Gasteiger partial charge on any atom is -0.453 e. The smallest absolute Gasteiger partial charge is 0.407 e. The van der Waals surface area contributed by atoms with E-state index < -0.39 is 29.4 Å². The number of rotatable bonds is 8. The van der Waals surface area contributed by atoms with Gasteiger partial charge in [0.15, 0.2) is 5.82 Å². The monoisotopic (exact) mass is 545 g/mol. The zero-order valence-corrected chi connectivity index (χ0v) is 23.1. The molecule has 6 N–H and O–H groups in total. The lowest BCUT2D eigenvalue weighted by Gasteiger charge is -2.58. The van der Waals surface area contributed by atoms with Crippen LogP contribution in [0.15, 0.2) is 12.3 Å². The maximum atomic E-state index is 13.7. The molecule has 2 atom stereocenters. The number of anilines is 1. The number of carbonyl (C=O) groups excluding carboxylic acids is 4. The minimum atomic E-state index is -0.822. The van der Waals surface area contributed by atoms with Crippen molar-refractivity contribution in [3.05, 3.63) is 17.8 Å². The fourth-order valence-corrected chi connectivity index (χ4v) is 6.83. The van der Waals surface area contributed by atoms with Crippen LogP contribution >= 0.6 is 0 Å². The second-order valence-corrected chi connectivity index (χ2v) is 11.9. The van der Waals surface area contributed by atoms with E-state index in [1.54, 1.807) is 40.0 Å².